The van der Waals surface area contributed by atoms with Crippen molar-refractivity contribution in [2.75, 3.05) is 6.61 Å². The van der Waals surface area contributed by atoms with Crippen molar-refractivity contribution in [1.82, 2.24) is 0 Å². The first-order valence-corrected chi connectivity index (χ1v) is 7.95. The van der Waals surface area contributed by atoms with Gasteiger partial charge in [0.05, 0.1) is 6.61 Å². The lowest BCUT2D eigenvalue weighted by Gasteiger charge is -2.22. The van der Waals surface area contributed by atoms with Crippen LogP contribution in [0.1, 0.15) is 68.2 Å². The van der Waals surface area contributed by atoms with Gasteiger partial charge in [0.1, 0.15) is 5.75 Å². The van der Waals surface area contributed by atoms with E-state index in [1.165, 1.54) is 28.7 Å². The molecular weight excluding hydrogens is 244 g/mol. The lowest BCUT2D eigenvalue weighted by Crippen LogP contribution is -2.06. The Morgan fingerprint density at radius 1 is 1.05 bits per heavy atom. The van der Waals surface area contributed by atoms with Crippen LogP contribution in [0.15, 0.2) is 18.2 Å². The number of aryl methyl sites for hydroxylation is 1. The Labute approximate surface area is 125 Å². The highest BCUT2D eigenvalue weighted by atomic mass is 16.5. The van der Waals surface area contributed by atoms with Crippen LogP contribution in [0.5, 0.6) is 5.75 Å². The number of rotatable bonds is 7. The van der Waals surface area contributed by atoms with Gasteiger partial charge in [-0.3, -0.25) is 0 Å². The molecule has 0 aromatic heterocycles. The third kappa shape index (κ3) is 3.88. The number of allylic oxidation sites excluding steroid dienone is 2. The minimum Gasteiger partial charge on any atom is -0.494 e. The number of ether oxygens (including phenoxy) is 1. The second kappa shape index (κ2) is 8.14. The van der Waals surface area contributed by atoms with Gasteiger partial charge in [-0.25, -0.2) is 0 Å². The van der Waals surface area contributed by atoms with Crippen molar-refractivity contribution in [3.63, 3.8) is 0 Å². The molecule has 0 bridgehead atoms. The Bertz CT molecular complexity index is 457. The van der Waals surface area contributed by atoms with E-state index in [2.05, 4.69) is 52.8 Å². The molecule has 0 amide bonds. The van der Waals surface area contributed by atoms with Gasteiger partial charge in [0, 0.05) is 0 Å². The second-order valence-corrected chi connectivity index (χ2v) is 5.51. The van der Waals surface area contributed by atoms with Gasteiger partial charge >= 0.3 is 0 Å². The van der Waals surface area contributed by atoms with E-state index >= 15 is 0 Å². The lowest BCUT2D eigenvalue weighted by atomic mass is 9.84. The van der Waals surface area contributed by atoms with E-state index in [-0.39, 0.29) is 0 Å². The Hall–Kier alpha value is -1.24. The van der Waals surface area contributed by atoms with Crippen LogP contribution in [0.25, 0.3) is 0 Å². The molecule has 1 aromatic rings. The Balaban J connectivity index is 3.15. The van der Waals surface area contributed by atoms with E-state index in [9.17, 15) is 0 Å². The normalized spacial score (nSPS) is 12.9. The molecule has 0 aliphatic heterocycles. The van der Waals surface area contributed by atoms with Crippen LogP contribution >= 0.6 is 0 Å². The van der Waals surface area contributed by atoms with Gasteiger partial charge in [0.15, 0.2) is 0 Å². The predicted octanol–water partition coefficient (Wildman–Crippen LogP) is 5.86. The van der Waals surface area contributed by atoms with Gasteiger partial charge in [0.2, 0.25) is 0 Å². The zero-order chi connectivity index (χ0) is 15.1. The summed E-state index contributed by atoms with van der Waals surface area (Å²) >= 11 is 0. The van der Waals surface area contributed by atoms with E-state index in [1.807, 2.05) is 6.92 Å². The van der Waals surface area contributed by atoms with Crippen LogP contribution in [0.2, 0.25) is 0 Å². The van der Waals surface area contributed by atoms with Crippen molar-refractivity contribution in [3.8, 4) is 5.75 Å². The zero-order valence-electron chi connectivity index (χ0n) is 14.0. The largest absolute Gasteiger partial charge is 0.494 e. The first-order valence-electron chi connectivity index (χ1n) is 7.95. The van der Waals surface area contributed by atoms with Crippen molar-refractivity contribution in [3.05, 3.63) is 40.5 Å². The third-order valence-electron chi connectivity index (χ3n) is 4.13. The first-order chi connectivity index (χ1) is 9.56. The summed E-state index contributed by atoms with van der Waals surface area (Å²) in [6.45, 7) is 13.9. The van der Waals surface area contributed by atoms with E-state index in [1.54, 1.807) is 0 Å². The zero-order valence-corrected chi connectivity index (χ0v) is 14.0. The molecule has 1 heteroatoms. The van der Waals surface area contributed by atoms with Gasteiger partial charge in [-0.15, -0.1) is 0 Å². The standard InChI is InChI=1S/C19H30O/c1-7-10-11-12-17(8-2)19-14(4)13-18(20-9-3)15(5)16(19)6/h10-11,13,17H,7-9,12H2,1-6H3/b11-10-. The van der Waals surface area contributed by atoms with Crippen molar-refractivity contribution < 1.29 is 4.74 Å². The molecule has 0 saturated heterocycles. The van der Waals surface area contributed by atoms with E-state index in [4.69, 9.17) is 4.74 Å². The quantitative estimate of drug-likeness (QED) is 0.566. The topological polar surface area (TPSA) is 9.23 Å². The van der Waals surface area contributed by atoms with Gasteiger partial charge < -0.3 is 4.74 Å². The van der Waals surface area contributed by atoms with E-state index in [0.717, 1.165) is 25.2 Å². The maximum Gasteiger partial charge on any atom is 0.122 e. The van der Waals surface area contributed by atoms with Gasteiger partial charge in [-0.2, -0.15) is 0 Å². The highest BCUT2D eigenvalue weighted by Crippen LogP contribution is 2.35. The fourth-order valence-corrected chi connectivity index (χ4v) is 2.91. The van der Waals surface area contributed by atoms with Gasteiger partial charge in [-0.05, 0) is 81.2 Å². The van der Waals surface area contributed by atoms with Crippen LogP contribution in [0.3, 0.4) is 0 Å². The second-order valence-electron chi connectivity index (χ2n) is 5.51. The molecule has 20 heavy (non-hydrogen) atoms. The molecule has 0 N–H and O–H groups in total. The van der Waals surface area contributed by atoms with Crippen LogP contribution in [-0.2, 0) is 0 Å². The molecule has 0 aliphatic carbocycles. The molecule has 1 unspecified atom stereocenters. The van der Waals surface area contributed by atoms with Crippen LogP contribution < -0.4 is 4.74 Å². The number of hydrogen-bond donors (Lipinski definition) is 0. The molecule has 0 aliphatic rings. The Kier molecular flexibility index (Phi) is 6.84. The maximum atomic E-state index is 5.75. The third-order valence-corrected chi connectivity index (χ3v) is 4.13. The Morgan fingerprint density at radius 2 is 1.75 bits per heavy atom. The fourth-order valence-electron chi connectivity index (χ4n) is 2.91. The summed E-state index contributed by atoms with van der Waals surface area (Å²) in [6.07, 6.45) is 8.05. The molecule has 0 fully saturated rings. The molecule has 112 valence electrons. The van der Waals surface area contributed by atoms with Gasteiger partial charge in [-0.1, -0.05) is 26.0 Å². The average Bonchev–Trinajstić information content (AvgIpc) is 2.43. The molecule has 1 nitrogen and oxygen atoms in total. The molecule has 0 heterocycles. The summed E-state index contributed by atoms with van der Waals surface area (Å²) in [5.41, 5.74) is 5.60. The first kappa shape index (κ1) is 16.8. The molecule has 1 aromatic carbocycles. The SMILES string of the molecule is CC/C=C\CC(CC)c1c(C)cc(OCC)c(C)c1C. The van der Waals surface area contributed by atoms with Crippen molar-refractivity contribution in [2.24, 2.45) is 0 Å². The van der Waals surface area contributed by atoms with Crippen LogP contribution in [-0.4, -0.2) is 6.61 Å². The molecule has 0 radical (unpaired) electrons. The van der Waals surface area contributed by atoms with Crippen LogP contribution in [0.4, 0.5) is 0 Å². The lowest BCUT2D eigenvalue weighted by molar-refractivity contribution is 0.337. The summed E-state index contributed by atoms with van der Waals surface area (Å²) in [6, 6.07) is 2.22. The minimum absolute atomic E-state index is 0.618. The minimum atomic E-state index is 0.618. The molecule has 1 atom stereocenters. The summed E-state index contributed by atoms with van der Waals surface area (Å²) < 4.78 is 5.75. The monoisotopic (exact) mass is 274 g/mol. The maximum absolute atomic E-state index is 5.75. The highest BCUT2D eigenvalue weighted by molar-refractivity contribution is 5.49. The Morgan fingerprint density at radius 3 is 2.30 bits per heavy atom. The molecule has 0 spiro atoms. The van der Waals surface area contributed by atoms with Crippen molar-refractivity contribution in [2.45, 2.75) is 66.7 Å². The number of benzene rings is 1. The summed E-state index contributed by atoms with van der Waals surface area (Å²) in [5, 5.41) is 0. The smallest absolute Gasteiger partial charge is 0.122 e. The summed E-state index contributed by atoms with van der Waals surface area (Å²) in [4.78, 5) is 0. The van der Waals surface area contributed by atoms with Crippen LogP contribution in [0, 0.1) is 20.8 Å². The van der Waals surface area contributed by atoms with Crippen molar-refractivity contribution in [1.29, 1.82) is 0 Å². The average molecular weight is 274 g/mol. The van der Waals surface area contributed by atoms with Crippen molar-refractivity contribution >= 4 is 0 Å². The summed E-state index contributed by atoms with van der Waals surface area (Å²) in [7, 11) is 0. The van der Waals surface area contributed by atoms with E-state index < -0.39 is 0 Å². The van der Waals surface area contributed by atoms with E-state index in [0.29, 0.717) is 5.92 Å². The molecule has 1 rings (SSSR count). The fraction of sp³-hybridized carbons (Fsp3) is 0.579. The van der Waals surface area contributed by atoms with Gasteiger partial charge in [0.25, 0.3) is 0 Å². The highest BCUT2D eigenvalue weighted by Gasteiger charge is 2.17. The molecule has 0 saturated carbocycles. The number of hydrogen-bond acceptors (Lipinski definition) is 1. The predicted molar refractivity (Wildman–Crippen MR) is 88.9 cm³/mol. The summed E-state index contributed by atoms with van der Waals surface area (Å²) in [5.74, 6) is 1.66. The molecular formula is C19H30O.